The molecule has 0 spiro atoms. The highest BCUT2D eigenvalue weighted by molar-refractivity contribution is 5.99. The zero-order chi connectivity index (χ0) is 17.5. The molecule has 2 amide bonds. The Morgan fingerprint density at radius 2 is 2.00 bits per heavy atom. The Morgan fingerprint density at radius 1 is 1.25 bits per heavy atom. The maximum absolute atomic E-state index is 12.3. The lowest BCUT2D eigenvalue weighted by Crippen LogP contribution is -2.39. The Morgan fingerprint density at radius 3 is 2.67 bits per heavy atom. The van der Waals surface area contributed by atoms with Crippen LogP contribution >= 0.6 is 0 Å². The highest BCUT2D eigenvalue weighted by atomic mass is 16.5. The van der Waals surface area contributed by atoms with Crippen LogP contribution in [0.2, 0.25) is 0 Å². The van der Waals surface area contributed by atoms with Gasteiger partial charge in [-0.25, -0.2) is 0 Å². The molecule has 0 unspecified atom stereocenters. The molecule has 0 fully saturated rings. The number of nitrogens with zero attached hydrogens (tertiary/aromatic N) is 1. The van der Waals surface area contributed by atoms with Gasteiger partial charge < -0.3 is 15.0 Å². The fourth-order valence-electron chi connectivity index (χ4n) is 2.95. The molecule has 0 bridgehead atoms. The van der Waals surface area contributed by atoms with Gasteiger partial charge in [-0.05, 0) is 37.5 Å². The minimum Gasteiger partial charge on any atom is -0.482 e. The number of hydrogen-bond acceptors (Lipinski definition) is 3. The van der Waals surface area contributed by atoms with E-state index < -0.39 is 0 Å². The Labute approximate surface area is 144 Å². The van der Waals surface area contributed by atoms with Gasteiger partial charge in [-0.2, -0.15) is 0 Å². The third-order valence-electron chi connectivity index (χ3n) is 4.51. The Kier molecular flexibility index (Phi) is 6.64. The van der Waals surface area contributed by atoms with Crippen LogP contribution in [0.5, 0.6) is 5.75 Å². The number of unbranched alkanes of at least 4 members (excludes halogenated alkanes) is 2. The van der Waals surface area contributed by atoms with Crippen molar-refractivity contribution < 1.29 is 14.3 Å². The first-order valence-electron chi connectivity index (χ1n) is 8.98. The molecule has 0 saturated carbocycles. The molecule has 1 aliphatic rings. The van der Waals surface area contributed by atoms with Gasteiger partial charge in [0.1, 0.15) is 5.75 Å². The summed E-state index contributed by atoms with van der Waals surface area (Å²) in [6.07, 6.45) is 4.80. The van der Waals surface area contributed by atoms with Gasteiger partial charge in [0.05, 0.1) is 5.69 Å². The van der Waals surface area contributed by atoms with Crippen molar-refractivity contribution in [3.05, 3.63) is 18.2 Å². The number of benzene rings is 1. The van der Waals surface area contributed by atoms with Crippen LogP contribution in [0, 0.1) is 5.92 Å². The molecule has 0 aromatic heterocycles. The van der Waals surface area contributed by atoms with Crippen LogP contribution in [0.3, 0.4) is 0 Å². The van der Waals surface area contributed by atoms with E-state index in [2.05, 4.69) is 12.2 Å². The van der Waals surface area contributed by atoms with Gasteiger partial charge in [0, 0.05) is 18.2 Å². The maximum Gasteiger partial charge on any atom is 0.265 e. The van der Waals surface area contributed by atoms with E-state index in [1.54, 1.807) is 4.90 Å². The molecule has 2 rings (SSSR count). The molecule has 0 aliphatic carbocycles. The van der Waals surface area contributed by atoms with Gasteiger partial charge >= 0.3 is 0 Å². The van der Waals surface area contributed by atoms with Crippen molar-refractivity contribution in [2.45, 2.75) is 52.9 Å². The Balaban J connectivity index is 2.17. The summed E-state index contributed by atoms with van der Waals surface area (Å²) in [6, 6.07) is 5.51. The van der Waals surface area contributed by atoms with Crippen molar-refractivity contribution in [1.82, 2.24) is 0 Å². The van der Waals surface area contributed by atoms with E-state index in [0.29, 0.717) is 18.0 Å². The van der Waals surface area contributed by atoms with Gasteiger partial charge in [0.15, 0.2) is 6.61 Å². The van der Waals surface area contributed by atoms with E-state index in [0.717, 1.165) is 37.8 Å². The summed E-state index contributed by atoms with van der Waals surface area (Å²) in [6.45, 7) is 6.94. The standard InChI is InChI=1S/C19H28N2O3/c1-4-7-8-11-21-16-12-15(20-19(23)14(5-2)6-3)9-10-17(16)24-13-18(21)22/h9-10,12,14H,4-8,11,13H2,1-3H3,(H,20,23). The van der Waals surface area contributed by atoms with Gasteiger partial charge in [0.2, 0.25) is 5.91 Å². The van der Waals surface area contributed by atoms with Crippen LogP contribution in [-0.2, 0) is 9.59 Å². The van der Waals surface area contributed by atoms with Crippen LogP contribution < -0.4 is 15.0 Å². The first-order valence-corrected chi connectivity index (χ1v) is 8.98. The molecule has 0 radical (unpaired) electrons. The molecule has 1 aromatic carbocycles. The third-order valence-corrected chi connectivity index (χ3v) is 4.51. The average Bonchev–Trinajstić information content (AvgIpc) is 2.58. The molecular formula is C19H28N2O3. The number of ether oxygens (including phenoxy) is 1. The zero-order valence-corrected chi connectivity index (χ0v) is 14.9. The first kappa shape index (κ1) is 18.3. The van der Waals surface area contributed by atoms with E-state index in [-0.39, 0.29) is 24.3 Å². The number of carbonyl (C=O) groups is 2. The Bertz CT molecular complexity index is 582. The van der Waals surface area contributed by atoms with Crippen molar-refractivity contribution in [2.24, 2.45) is 5.92 Å². The maximum atomic E-state index is 12.3. The van der Waals surface area contributed by atoms with Crippen LogP contribution in [0.1, 0.15) is 52.9 Å². The summed E-state index contributed by atoms with van der Waals surface area (Å²) in [5.41, 5.74) is 1.47. The van der Waals surface area contributed by atoms with Crippen LogP contribution in [0.15, 0.2) is 18.2 Å². The van der Waals surface area contributed by atoms with Crippen LogP contribution in [0.25, 0.3) is 0 Å². The lowest BCUT2D eigenvalue weighted by molar-refractivity contribution is -0.121. The molecule has 1 aromatic rings. The number of amides is 2. The second-order valence-electron chi connectivity index (χ2n) is 6.23. The van der Waals surface area contributed by atoms with Crippen molar-refractivity contribution in [3.8, 4) is 5.75 Å². The average molecular weight is 332 g/mol. The second kappa shape index (κ2) is 8.71. The fraction of sp³-hybridized carbons (Fsp3) is 0.579. The van der Waals surface area contributed by atoms with Crippen LogP contribution in [-0.4, -0.2) is 25.0 Å². The highest BCUT2D eigenvalue weighted by Gasteiger charge is 2.25. The molecule has 5 heteroatoms. The topological polar surface area (TPSA) is 58.6 Å². The lowest BCUT2D eigenvalue weighted by Gasteiger charge is -2.30. The van der Waals surface area contributed by atoms with E-state index in [1.165, 1.54) is 0 Å². The number of carbonyl (C=O) groups excluding carboxylic acids is 2. The van der Waals surface area contributed by atoms with Crippen LogP contribution in [0.4, 0.5) is 11.4 Å². The predicted octanol–water partition coefficient (Wildman–Crippen LogP) is 3.98. The van der Waals surface area contributed by atoms with E-state index in [1.807, 2.05) is 32.0 Å². The molecule has 0 saturated heterocycles. The molecule has 132 valence electrons. The minimum absolute atomic E-state index is 0.0135. The van der Waals surface area contributed by atoms with Gasteiger partial charge in [-0.3, -0.25) is 9.59 Å². The number of rotatable bonds is 8. The summed E-state index contributed by atoms with van der Waals surface area (Å²) in [5.74, 6) is 0.716. The van der Waals surface area contributed by atoms with Crippen molar-refractivity contribution in [1.29, 1.82) is 0 Å². The number of hydrogen-bond donors (Lipinski definition) is 1. The van der Waals surface area contributed by atoms with Gasteiger partial charge in [-0.1, -0.05) is 33.6 Å². The molecule has 5 nitrogen and oxygen atoms in total. The highest BCUT2D eigenvalue weighted by Crippen LogP contribution is 2.35. The normalized spacial score (nSPS) is 13.7. The molecule has 24 heavy (non-hydrogen) atoms. The van der Waals surface area contributed by atoms with Crippen molar-refractivity contribution >= 4 is 23.2 Å². The van der Waals surface area contributed by atoms with E-state index in [9.17, 15) is 9.59 Å². The largest absolute Gasteiger partial charge is 0.482 e. The summed E-state index contributed by atoms with van der Waals surface area (Å²) < 4.78 is 5.52. The molecule has 0 atom stereocenters. The number of nitrogens with one attached hydrogen (secondary N) is 1. The van der Waals surface area contributed by atoms with Gasteiger partial charge in [0.25, 0.3) is 5.91 Å². The van der Waals surface area contributed by atoms with Gasteiger partial charge in [-0.15, -0.1) is 0 Å². The molecule has 1 N–H and O–H groups in total. The summed E-state index contributed by atoms with van der Waals surface area (Å²) in [5, 5.41) is 2.96. The predicted molar refractivity (Wildman–Crippen MR) is 96.5 cm³/mol. The molecular weight excluding hydrogens is 304 g/mol. The monoisotopic (exact) mass is 332 g/mol. The number of fused-ring (bicyclic) bond motifs is 1. The SMILES string of the molecule is CCCCCN1C(=O)COc2ccc(NC(=O)C(CC)CC)cc21. The third kappa shape index (κ3) is 4.28. The summed E-state index contributed by atoms with van der Waals surface area (Å²) in [4.78, 5) is 26.3. The second-order valence-corrected chi connectivity index (χ2v) is 6.23. The summed E-state index contributed by atoms with van der Waals surface area (Å²) >= 11 is 0. The van der Waals surface area contributed by atoms with E-state index >= 15 is 0 Å². The number of anilines is 2. The zero-order valence-electron chi connectivity index (χ0n) is 14.9. The molecule has 1 aliphatic heterocycles. The smallest absolute Gasteiger partial charge is 0.265 e. The Hall–Kier alpha value is -2.04. The molecule has 1 heterocycles. The quantitative estimate of drug-likeness (QED) is 0.733. The fourth-order valence-corrected chi connectivity index (χ4v) is 2.95. The minimum atomic E-state index is -0.0259. The lowest BCUT2D eigenvalue weighted by atomic mass is 10.0. The van der Waals surface area contributed by atoms with Crippen molar-refractivity contribution in [3.63, 3.8) is 0 Å². The first-order chi connectivity index (χ1) is 11.6. The summed E-state index contributed by atoms with van der Waals surface area (Å²) in [7, 11) is 0. The van der Waals surface area contributed by atoms with Crippen molar-refractivity contribution in [2.75, 3.05) is 23.4 Å². The van der Waals surface area contributed by atoms with E-state index in [4.69, 9.17) is 4.74 Å².